The molecule has 1 saturated heterocycles. The van der Waals surface area contributed by atoms with E-state index in [2.05, 4.69) is 11.9 Å². The molecule has 1 heterocycles. The third-order valence-electron chi connectivity index (χ3n) is 5.16. The van der Waals surface area contributed by atoms with E-state index >= 15 is 0 Å². The number of benzene rings is 1. The van der Waals surface area contributed by atoms with E-state index in [4.69, 9.17) is 0 Å². The number of hydrogen-bond acceptors (Lipinski definition) is 4. The van der Waals surface area contributed by atoms with Crippen LogP contribution in [0.3, 0.4) is 0 Å². The highest BCUT2D eigenvalue weighted by molar-refractivity contribution is 5.48. The summed E-state index contributed by atoms with van der Waals surface area (Å²) >= 11 is 0. The number of aliphatic hydroxyl groups excluding tert-OH is 1. The second-order valence-corrected chi connectivity index (χ2v) is 6.01. The highest BCUT2D eigenvalue weighted by Crippen LogP contribution is 2.50. The Morgan fingerprint density at radius 3 is 2.90 bits per heavy atom. The molecule has 0 amide bonds. The van der Waals surface area contributed by atoms with Gasteiger partial charge in [-0.2, -0.15) is 0 Å². The van der Waals surface area contributed by atoms with Crippen molar-refractivity contribution < 1.29 is 10.0 Å². The lowest BCUT2D eigenvalue weighted by Crippen LogP contribution is -2.52. The monoisotopic (exact) mass is 276 g/mol. The largest absolute Gasteiger partial charge is 0.392 e. The summed E-state index contributed by atoms with van der Waals surface area (Å²) in [6.07, 6.45) is 3.02. The molecule has 1 unspecified atom stereocenters. The molecular formula is C15H20N2O3. The predicted molar refractivity (Wildman–Crippen MR) is 75.7 cm³/mol. The molecule has 1 aromatic carbocycles. The second kappa shape index (κ2) is 4.82. The quantitative estimate of drug-likeness (QED) is 0.663. The van der Waals surface area contributed by atoms with Gasteiger partial charge in [0.25, 0.3) is 5.69 Å². The van der Waals surface area contributed by atoms with Gasteiger partial charge in [0.2, 0.25) is 0 Å². The number of nitro benzene ring substituents is 1. The van der Waals surface area contributed by atoms with Crippen molar-refractivity contribution in [2.24, 2.45) is 0 Å². The van der Waals surface area contributed by atoms with Crippen LogP contribution in [0.1, 0.15) is 31.2 Å². The van der Waals surface area contributed by atoms with Gasteiger partial charge in [-0.25, -0.2) is 0 Å². The van der Waals surface area contributed by atoms with Crippen LogP contribution in [0.5, 0.6) is 0 Å². The van der Waals surface area contributed by atoms with Crippen LogP contribution in [0.2, 0.25) is 0 Å². The van der Waals surface area contributed by atoms with Gasteiger partial charge < -0.3 is 10.0 Å². The number of nitro groups is 1. The third-order valence-corrected chi connectivity index (χ3v) is 5.16. The van der Waals surface area contributed by atoms with Crippen LogP contribution in [0.25, 0.3) is 0 Å². The molecular weight excluding hydrogens is 256 g/mol. The van der Waals surface area contributed by atoms with Crippen LogP contribution in [-0.4, -0.2) is 40.7 Å². The molecule has 0 bridgehead atoms. The van der Waals surface area contributed by atoms with Crippen LogP contribution in [0, 0.1) is 10.1 Å². The van der Waals surface area contributed by atoms with Crippen LogP contribution in [0.4, 0.5) is 5.69 Å². The first kappa shape index (κ1) is 13.5. The van der Waals surface area contributed by atoms with E-state index in [1.807, 2.05) is 12.1 Å². The number of likely N-dealkylation sites (tertiary alicyclic amines) is 1. The molecule has 2 aliphatic rings. The Morgan fingerprint density at radius 1 is 1.40 bits per heavy atom. The molecule has 1 N–H and O–H groups in total. The zero-order chi connectivity index (χ0) is 14.3. The lowest BCUT2D eigenvalue weighted by molar-refractivity contribution is -0.386. The summed E-state index contributed by atoms with van der Waals surface area (Å²) in [4.78, 5) is 13.3. The molecule has 0 spiro atoms. The lowest BCUT2D eigenvalue weighted by atomic mass is 9.64. The molecule has 0 aromatic heterocycles. The fourth-order valence-electron chi connectivity index (χ4n) is 4.23. The summed E-state index contributed by atoms with van der Waals surface area (Å²) in [5, 5.41) is 22.0. The topological polar surface area (TPSA) is 66.6 Å². The Morgan fingerprint density at radius 2 is 2.15 bits per heavy atom. The van der Waals surface area contributed by atoms with Crippen molar-refractivity contribution in [3.63, 3.8) is 0 Å². The Kier molecular flexibility index (Phi) is 3.26. The molecule has 20 heavy (non-hydrogen) atoms. The predicted octanol–water partition coefficient (Wildman–Crippen LogP) is 2.08. The maximum Gasteiger partial charge on any atom is 0.273 e. The summed E-state index contributed by atoms with van der Waals surface area (Å²) in [7, 11) is 2.05. The average Bonchev–Trinajstić information content (AvgIpc) is 2.79. The lowest BCUT2D eigenvalue weighted by Gasteiger charge is -2.44. The van der Waals surface area contributed by atoms with E-state index in [0.29, 0.717) is 5.56 Å². The molecule has 1 aliphatic carbocycles. The smallest absolute Gasteiger partial charge is 0.273 e. The Labute approximate surface area is 118 Å². The van der Waals surface area contributed by atoms with Crippen LogP contribution < -0.4 is 0 Å². The zero-order valence-electron chi connectivity index (χ0n) is 11.7. The molecule has 1 saturated carbocycles. The average molecular weight is 276 g/mol. The van der Waals surface area contributed by atoms with E-state index in [-0.39, 0.29) is 16.7 Å². The van der Waals surface area contributed by atoms with Crippen molar-refractivity contribution in [1.29, 1.82) is 0 Å². The highest BCUT2D eigenvalue weighted by atomic mass is 16.6. The van der Waals surface area contributed by atoms with E-state index in [9.17, 15) is 15.2 Å². The number of likely N-dealkylation sites (N-methyl/N-ethyl adjacent to an activating group) is 1. The van der Waals surface area contributed by atoms with Crippen molar-refractivity contribution in [3.05, 3.63) is 39.9 Å². The molecule has 5 nitrogen and oxygen atoms in total. The van der Waals surface area contributed by atoms with Gasteiger partial charge >= 0.3 is 0 Å². The molecule has 5 heteroatoms. The van der Waals surface area contributed by atoms with Gasteiger partial charge in [-0.15, -0.1) is 0 Å². The zero-order valence-corrected chi connectivity index (χ0v) is 11.7. The summed E-state index contributed by atoms with van der Waals surface area (Å²) in [5.74, 6) is 0. The minimum absolute atomic E-state index is 0.147. The van der Waals surface area contributed by atoms with Gasteiger partial charge in [0.1, 0.15) is 0 Å². The first-order chi connectivity index (χ1) is 9.57. The SMILES string of the molecule is CN1CC[C@]2(c3ccccc3[N+](=O)[O-])C(O)CCC[C@H]12. The van der Waals surface area contributed by atoms with Gasteiger partial charge in [0.05, 0.1) is 11.0 Å². The number of hydrogen-bond donors (Lipinski definition) is 1. The normalized spacial score (nSPS) is 33.9. The van der Waals surface area contributed by atoms with Crippen LogP contribution in [0.15, 0.2) is 24.3 Å². The maximum absolute atomic E-state index is 11.3. The van der Waals surface area contributed by atoms with Crippen LogP contribution in [-0.2, 0) is 5.41 Å². The summed E-state index contributed by atoms with van der Waals surface area (Å²) in [6, 6.07) is 7.13. The first-order valence-corrected chi connectivity index (χ1v) is 7.19. The van der Waals surface area contributed by atoms with Gasteiger partial charge in [-0.1, -0.05) is 18.2 Å². The van der Waals surface area contributed by atoms with Gasteiger partial charge in [0, 0.05) is 23.1 Å². The summed E-state index contributed by atoms with van der Waals surface area (Å²) < 4.78 is 0. The first-order valence-electron chi connectivity index (χ1n) is 7.19. The third kappa shape index (κ3) is 1.77. The minimum Gasteiger partial charge on any atom is -0.392 e. The molecule has 0 radical (unpaired) electrons. The van der Waals surface area contributed by atoms with Gasteiger partial charge in [-0.05, 0) is 39.3 Å². The maximum atomic E-state index is 11.3. The molecule has 3 atom stereocenters. The molecule has 108 valence electrons. The molecule has 3 rings (SSSR count). The minimum atomic E-state index is -0.493. The van der Waals surface area contributed by atoms with Gasteiger partial charge in [-0.3, -0.25) is 10.1 Å². The van der Waals surface area contributed by atoms with Crippen molar-refractivity contribution in [1.82, 2.24) is 4.90 Å². The number of aliphatic hydroxyl groups is 1. The van der Waals surface area contributed by atoms with Crippen molar-refractivity contribution >= 4 is 5.69 Å². The van der Waals surface area contributed by atoms with E-state index in [1.165, 1.54) is 0 Å². The number of para-hydroxylation sites is 1. The van der Waals surface area contributed by atoms with Crippen molar-refractivity contribution in [2.75, 3.05) is 13.6 Å². The van der Waals surface area contributed by atoms with E-state index in [0.717, 1.165) is 32.2 Å². The fourth-order valence-corrected chi connectivity index (χ4v) is 4.23. The van der Waals surface area contributed by atoms with Crippen molar-refractivity contribution in [3.8, 4) is 0 Å². The van der Waals surface area contributed by atoms with E-state index < -0.39 is 11.5 Å². The summed E-state index contributed by atoms with van der Waals surface area (Å²) in [6.45, 7) is 0.883. The molecule has 1 aromatic rings. The Hall–Kier alpha value is -1.46. The second-order valence-electron chi connectivity index (χ2n) is 6.01. The van der Waals surface area contributed by atoms with Crippen LogP contribution >= 0.6 is 0 Å². The molecule has 1 aliphatic heterocycles. The number of fused-ring (bicyclic) bond motifs is 1. The molecule has 2 fully saturated rings. The van der Waals surface area contributed by atoms with Crippen molar-refractivity contribution in [2.45, 2.75) is 43.2 Å². The fraction of sp³-hybridized carbons (Fsp3) is 0.600. The Balaban J connectivity index is 2.16. The standard InChI is InChI=1S/C15H20N2O3/c1-16-10-9-15(13(16)7-4-8-14(15)18)11-5-2-3-6-12(11)17(19)20/h2-3,5-6,13-14,18H,4,7-10H2,1H3/t13-,14?,15+/m0/s1. The number of rotatable bonds is 2. The highest BCUT2D eigenvalue weighted by Gasteiger charge is 2.55. The van der Waals surface area contributed by atoms with Gasteiger partial charge in [0.15, 0.2) is 0 Å². The number of nitrogens with zero attached hydrogens (tertiary/aromatic N) is 2. The Bertz CT molecular complexity index is 534. The van der Waals surface area contributed by atoms with E-state index in [1.54, 1.807) is 12.1 Å². The summed E-state index contributed by atoms with van der Waals surface area (Å²) in [5.41, 5.74) is 0.386.